The lowest BCUT2D eigenvalue weighted by molar-refractivity contribution is -0.148. The minimum Gasteiger partial charge on any atom is -0.480 e. The largest absolute Gasteiger partial charge is 0.480 e. The van der Waals surface area contributed by atoms with Crippen LogP contribution >= 0.6 is 0 Å². The van der Waals surface area contributed by atoms with E-state index in [1.54, 1.807) is 0 Å². The lowest BCUT2D eigenvalue weighted by atomic mass is 9.71. The molecule has 0 amide bonds. The first-order chi connectivity index (χ1) is 7.41. The van der Waals surface area contributed by atoms with Crippen LogP contribution in [0.5, 0.6) is 0 Å². The normalized spacial score (nSPS) is 37.0. The van der Waals surface area contributed by atoms with Gasteiger partial charge in [0.25, 0.3) is 0 Å². The third kappa shape index (κ3) is 2.76. The average Bonchev–Trinajstić information content (AvgIpc) is 2.23. The number of carbonyl (C=O) groups is 1. The molecule has 2 N–H and O–H groups in total. The summed E-state index contributed by atoms with van der Waals surface area (Å²) in [6, 6.07) is 0.275. The Bertz CT molecular complexity index is 250. The first-order valence-electron chi connectivity index (χ1n) is 6.42. The lowest BCUT2D eigenvalue weighted by Crippen LogP contribution is -2.58. The van der Waals surface area contributed by atoms with Crippen LogP contribution in [0.2, 0.25) is 0 Å². The van der Waals surface area contributed by atoms with E-state index in [9.17, 15) is 9.90 Å². The summed E-state index contributed by atoms with van der Waals surface area (Å²) in [6.45, 7) is 8.54. The van der Waals surface area contributed by atoms with E-state index in [2.05, 4.69) is 33.0 Å². The number of hydrogen-bond donors (Lipinski definition) is 2. The molecule has 4 unspecified atom stereocenters. The molecule has 1 aliphatic rings. The summed E-state index contributed by atoms with van der Waals surface area (Å²) in [4.78, 5) is 11.5. The summed E-state index contributed by atoms with van der Waals surface area (Å²) in [6.07, 6.45) is 3.50. The quantitative estimate of drug-likeness (QED) is 0.776. The van der Waals surface area contributed by atoms with Gasteiger partial charge in [0.2, 0.25) is 0 Å². The predicted molar refractivity (Wildman–Crippen MR) is 65.4 cm³/mol. The molecule has 1 aliphatic carbocycles. The van der Waals surface area contributed by atoms with Crippen LogP contribution in [0.1, 0.15) is 53.4 Å². The van der Waals surface area contributed by atoms with Crippen LogP contribution in [-0.4, -0.2) is 22.7 Å². The number of carboxylic acids is 1. The highest BCUT2D eigenvalue weighted by Crippen LogP contribution is 2.36. The third-order valence-electron chi connectivity index (χ3n) is 4.21. The van der Waals surface area contributed by atoms with Gasteiger partial charge in [-0.1, -0.05) is 20.8 Å². The second kappa shape index (κ2) is 5.17. The van der Waals surface area contributed by atoms with Crippen molar-refractivity contribution in [2.24, 2.45) is 11.8 Å². The summed E-state index contributed by atoms with van der Waals surface area (Å²) < 4.78 is 0. The molecule has 16 heavy (non-hydrogen) atoms. The highest BCUT2D eigenvalue weighted by atomic mass is 16.4. The maximum absolute atomic E-state index is 11.5. The highest BCUT2D eigenvalue weighted by molar-refractivity contribution is 5.79. The van der Waals surface area contributed by atoms with Gasteiger partial charge in [0.15, 0.2) is 0 Å². The van der Waals surface area contributed by atoms with Gasteiger partial charge in [0, 0.05) is 6.04 Å². The Hall–Kier alpha value is -0.570. The van der Waals surface area contributed by atoms with Crippen molar-refractivity contribution in [3.63, 3.8) is 0 Å². The van der Waals surface area contributed by atoms with Crippen LogP contribution in [0.25, 0.3) is 0 Å². The molecule has 1 rings (SSSR count). The molecule has 3 nitrogen and oxygen atoms in total. The van der Waals surface area contributed by atoms with Crippen LogP contribution < -0.4 is 5.32 Å². The van der Waals surface area contributed by atoms with Gasteiger partial charge in [-0.15, -0.1) is 0 Å². The molecule has 0 saturated heterocycles. The summed E-state index contributed by atoms with van der Waals surface area (Å²) in [7, 11) is 0. The first kappa shape index (κ1) is 13.5. The van der Waals surface area contributed by atoms with Crippen molar-refractivity contribution in [3.8, 4) is 0 Å². The van der Waals surface area contributed by atoms with Gasteiger partial charge < -0.3 is 5.11 Å². The molecule has 0 heterocycles. The van der Waals surface area contributed by atoms with Gasteiger partial charge in [0.05, 0.1) is 0 Å². The number of rotatable bonds is 4. The van der Waals surface area contributed by atoms with E-state index < -0.39 is 11.5 Å². The lowest BCUT2D eigenvalue weighted by Gasteiger charge is -2.42. The van der Waals surface area contributed by atoms with Crippen LogP contribution in [0.3, 0.4) is 0 Å². The smallest absolute Gasteiger partial charge is 0.323 e. The van der Waals surface area contributed by atoms with E-state index in [4.69, 9.17) is 0 Å². The SMILES string of the molecule is CCC(C)NC1(C(=O)O)CCC(C)C(C)C1. The van der Waals surface area contributed by atoms with E-state index in [1.165, 1.54) is 0 Å². The average molecular weight is 227 g/mol. The summed E-state index contributed by atoms with van der Waals surface area (Å²) in [5.41, 5.74) is -0.679. The standard InChI is InChI=1S/C13H25NO2/c1-5-11(4)14-13(12(15)16)7-6-9(2)10(3)8-13/h9-11,14H,5-8H2,1-4H3,(H,15,16). The predicted octanol–water partition coefficient (Wildman–Crippen LogP) is 2.65. The van der Waals surface area contributed by atoms with Crippen LogP contribution in [0.15, 0.2) is 0 Å². The van der Waals surface area contributed by atoms with E-state index in [0.29, 0.717) is 11.8 Å². The van der Waals surface area contributed by atoms with Crippen molar-refractivity contribution >= 4 is 5.97 Å². The van der Waals surface area contributed by atoms with E-state index in [-0.39, 0.29) is 6.04 Å². The molecule has 0 aromatic rings. The number of carboxylic acid groups (broad SMARTS) is 1. The summed E-state index contributed by atoms with van der Waals surface area (Å²) in [5.74, 6) is 0.458. The van der Waals surface area contributed by atoms with Gasteiger partial charge in [-0.05, 0) is 44.4 Å². The van der Waals surface area contributed by atoms with E-state index >= 15 is 0 Å². The third-order valence-corrected chi connectivity index (χ3v) is 4.21. The maximum Gasteiger partial charge on any atom is 0.323 e. The van der Waals surface area contributed by atoms with Crippen LogP contribution in [0.4, 0.5) is 0 Å². The fraction of sp³-hybridized carbons (Fsp3) is 0.923. The molecule has 0 aromatic carbocycles. The molecule has 3 heteroatoms. The van der Waals surface area contributed by atoms with Gasteiger partial charge in [-0.3, -0.25) is 10.1 Å². The Balaban J connectivity index is 2.78. The molecule has 0 bridgehead atoms. The van der Waals surface area contributed by atoms with Crippen LogP contribution in [0, 0.1) is 11.8 Å². The molecule has 4 atom stereocenters. The molecule has 0 aromatic heterocycles. The zero-order valence-electron chi connectivity index (χ0n) is 10.9. The Morgan fingerprint density at radius 1 is 1.50 bits per heavy atom. The van der Waals surface area contributed by atoms with Gasteiger partial charge in [-0.2, -0.15) is 0 Å². The molecular weight excluding hydrogens is 202 g/mol. The monoisotopic (exact) mass is 227 g/mol. The number of nitrogens with one attached hydrogen (secondary N) is 1. The van der Waals surface area contributed by atoms with Crippen molar-refractivity contribution in [1.82, 2.24) is 5.32 Å². The summed E-state index contributed by atoms with van der Waals surface area (Å²) >= 11 is 0. The minimum absolute atomic E-state index is 0.275. The molecule has 1 fully saturated rings. The van der Waals surface area contributed by atoms with Crippen molar-refractivity contribution in [3.05, 3.63) is 0 Å². The Labute approximate surface area is 98.6 Å². The topological polar surface area (TPSA) is 49.3 Å². The molecule has 0 spiro atoms. The van der Waals surface area contributed by atoms with E-state index in [1.807, 2.05) is 0 Å². The Morgan fingerprint density at radius 3 is 2.56 bits per heavy atom. The van der Waals surface area contributed by atoms with Crippen LogP contribution in [-0.2, 0) is 4.79 Å². The zero-order valence-corrected chi connectivity index (χ0v) is 10.9. The Kier molecular flexibility index (Phi) is 4.36. The second-order valence-corrected chi connectivity index (χ2v) is 5.54. The first-order valence-corrected chi connectivity index (χ1v) is 6.42. The maximum atomic E-state index is 11.5. The van der Waals surface area contributed by atoms with Crippen molar-refractivity contribution < 1.29 is 9.90 Å². The fourth-order valence-electron chi connectivity index (χ4n) is 2.57. The van der Waals surface area contributed by atoms with Crippen molar-refractivity contribution in [1.29, 1.82) is 0 Å². The van der Waals surface area contributed by atoms with Crippen molar-refractivity contribution in [2.75, 3.05) is 0 Å². The molecule has 1 saturated carbocycles. The van der Waals surface area contributed by atoms with Gasteiger partial charge in [0.1, 0.15) is 5.54 Å². The van der Waals surface area contributed by atoms with Gasteiger partial charge >= 0.3 is 5.97 Å². The minimum atomic E-state index is -0.679. The second-order valence-electron chi connectivity index (χ2n) is 5.54. The number of hydrogen-bond acceptors (Lipinski definition) is 2. The number of aliphatic carboxylic acids is 1. The highest BCUT2D eigenvalue weighted by Gasteiger charge is 2.44. The molecule has 0 aliphatic heterocycles. The molecule has 94 valence electrons. The molecular formula is C13H25NO2. The fourth-order valence-corrected chi connectivity index (χ4v) is 2.57. The summed E-state index contributed by atoms with van der Waals surface area (Å²) in [5, 5.41) is 12.8. The Morgan fingerprint density at radius 2 is 2.12 bits per heavy atom. The molecule has 0 radical (unpaired) electrons. The van der Waals surface area contributed by atoms with Crippen molar-refractivity contribution in [2.45, 2.75) is 65.0 Å². The van der Waals surface area contributed by atoms with E-state index in [0.717, 1.165) is 25.7 Å². The van der Waals surface area contributed by atoms with Gasteiger partial charge in [-0.25, -0.2) is 0 Å². The zero-order chi connectivity index (χ0) is 12.3.